The van der Waals surface area contributed by atoms with Crippen LogP contribution >= 0.6 is 0 Å². The summed E-state index contributed by atoms with van der Waals surface area (Å²) in [6.45, 7) is 14.0. The summed E-state index contributed by atoms with van der Waals surface area (Å²) in [6.07, 6.45) is 2.05. The van der Waals surface area contributed by atoms with Crippen molar-refractivity contribution in [3.8, 4) is 23.0 Å². The van der Waals surface area contributed by atoms with Gasteiger partial charge in [-0.2, -0.15) is 0 Å². The average molecular weight is 795 g/mol. The third-order valence-electron chi connectivity index (χ3n) is 10.5. The lowest BCUT2D eigenvalue weighted by Gasteiger charge is -2.39. The van der Waals surface area contributed by atoms with Crippen molar-refractivity contribution >= 4 is 34.2 Å². The van der Waals surface area contributed by atoms with Crippen molar-refractivity contribution in [1.82, 2.24) is 18.9 Å². The highest BCUT2D eigenvalue weighted by Gasteiger charge is 2.32. The van der Waals surface area contributed by atoms with Crippen molar-refractivity contribution in [3.63, 3.8) is 0 Å². The van der Waals surface area contributed by atoms with E-state index in [9.17, 15) is 19.2 Å². The number of nitrogens with zero attached hydrogens (tertiary/aromatic N) is 4. The van der Waals surface area contributed by atoms with Gasteiger partial charge in [0.1, 0.15) is 36.6 Å². The van der Waals surface area contributed by atoms with Crippen LogP contribution in [0.15, 0.2) is 76.3 Å². The molecule has 0 atom stereocenters. The number of amides is 1. The molecule has 0 saturated carbocycles. The highest BCUT2D eigenvalue weighted by atomic mass is 16.6. The Labute approximate surface area is 338 Å². The molecular weight excluding hydrogens is 741 g/mol. The molecule has 2 aromatic heterocycles. The normalized spacial score (nSPS) is 14.4. The van der Waals surface area contributed by atoms with Crippen LogP contribution in [0.5, 0.6) is 23.0 Å². The van der Waals surface area contributed by atoms with Gasteiger partial charge < -0.3 is 47.4 Å². The molecule has 5 aromatic rings. The van der Waals surface area contributed by atoms with Crippen LogP contribution in [-0.2, 0) is 29.2 Å². The quantitative estimate of drug-likeness (QED) is 0.144. The minimum atomic E-state index is -0.588. The maximum Gasteiger partial charge on any atom is 0.410 e. The number of methoxy groups -OCH3 is 2. The fourth-order valence-corrected chi connectivity index (χ4v) is 7.55. The summed E-state index contributed by atoms with van der Waals surface area (Å²) < 4.78 is 31.1. The van der Waals surface area contributed by atoms with Crippen molar-refractivity contribution < 1.29 is 33.3 Å². The van der Waals surface area contributed by atoms with E-state index in [0.29, 0.717) is 37.8 Å². The molecular formula is C45H54N4O9. The molecule has 13 nitrogen and oxygen atoms in total. The maximum absolute atomic E-state index is 13.4. The largest absolute Gasteiger partial charge is 0.497 e. The van der Waals surface area contributed by atoms with Gasteiger partial charge in [0, 0.05) is 73.8 Å². The van der Waals surface area contributed by atoms with Gasteiger partial charge in [-0.3, -0.25) is 9.59 Å². The van der Waals surface area contributed by atoms with Crippen LogP contribution in [0.25, 0.3) is 21.8 Å². The molecule has 308 valence electrons. The molecule has 0 unspecified atom stereocenters. The summed E-state index contributed by atoms with van der Waals surface area (Å²) in [7, 11) is 3.21. The topological polar surface area (TPSA) is 131 Å². The molecule has 4 heterocycles. The van der Waals surface area contributed by atoms with Crippen LogP contribution in [0.4, 0.5) is 4.79 Å². The van der Waals surface area contributed by atoms with Crippen molar-refractivity contribution in [2.45, 2.75) is 78.7 Å². The van der Waals surface area contributed by atoms with Crippen LogP contribution in [0.3, 0.4) is 0 Å². The lowest BCUT2D eigenvalue weighted by atomic mass is 10.0. The van der Waals surface area contributed by atoms with Crippen LogP contribution in [-0.4, -0.2) is 90.0 Å². The molecule has 58 heavy (non-hydrogen) atoms. The summed E-state index contributed by atoms with van der Waals surface area (Å²) in [5.74, 6) is 2.85. The first-order chi connectivity index (χ1) is 27.8. The third kappa shape index (κ3) is 9.82. The highest BCUT2D eigenvalue weighted by molar-refractivity contribution is 5.85. The molecule has 2 aliphatic heterocycles. The number of hydrogen-bond donors (Lipinski definition) is 0. The molecule has 1 saturated heterocycles. The Morgan fingerprint density at radius 1 is 0.776 bits per heavy atom. The molecule has 0 N–H and O–H groups in total. The number of aryl methyl sites for hydroxylation is 2. The summed E-state index contributed by atoms with van der Waals surface area (Å²) in [5, 5.41) is 2.00. The van der Waals surface area contributed by atoms with Gasteiger partial charge in [0.25, 0.3) is 11.1 Å². The van der Waals surface area contributed by atoms with Crippen molar-refractivity contribution in [1.29, 1.82) is 0 Å². The van der Waals surface area contributed by atoms with Gasteiger partial charge >= 0.3 is 6.09 Å². The number of aldehydes is 1. The average Bonchev–Trinajstić information content (AvgIpc) is 3.20. The lowest BCUT2D eigenvalue weighted by Crippen LogP contribution is -2.49. The third-order valence-corrected chi connectivity index (χ3v) is 10.5. The number of pyridine rings is 2. The first-order valence-corrected chi connectivity index (χ1v) is 19.7. The van der Waals surface area contributed by atoms with Gasteiger partial charge in [-0.25, -0.2) is 4.79 Å². The molecule has 1 fully saturated rings. The molecule has 2 aliphatic rings. The zero-order valence-electron chi connectivity index (χ0n) is 34.5. The van der Waals surface area contributed by atoms with Gasteiger partial charge in [0.15, 0.2) is 11.5 Å². The molecule has 0 aliphatic carbocycles. The van der Waals surface area contributed by atoms with E-state index in [1.54, 1.807) is 26.4 Å². The summed E-state index contributed by atoms with van der Waals surface area (Å²) in [4.78, 5) is 53.0. The molecule has 0 spiro atoms. The fourth-order valence-electron chi connectivity index (χ4n) is 7.55. The SMILES string of the molecule is COc1ccc2c(C)cc(=O)n(CC=O)c2c1.COc1ccc2c(C)cc(=O)n(CCN3CCC(N(Cc4ccc5c(c4)OCCO5)C(=O)OC(C)(C)C)CC3)c2c1. The Morgan fingerprint density at radius 3 is 1.91 bits per heavy atom. The number of benzene rings is 3. The van der Waals surface area contributed by atoms with E-state index in [0.717, 1.165) is 88.8 Å². The number of piperidine rings is 1. The number of hydrogen-bond acceptors (Lipinski definition) is 10. The van der Waals surface area contributed by atoms with E-state index in [1.165, 1.54) is 10.6 Å². The minimum Gasteiger partial charge on any atom is -0.497 e. The van der Waals surface area contributed by atoms with E-state index in [-0.39, 0.29) is 29.8 Å². The fraction of sp³-hybridized carbons (Fsp3) is 0.422. The second-order valence-corrected chi connectivity index (χ2v) is 15.7. The standard InChI is InChI=1S/C32H41N3O6.C13H13NO3/c1-22-18-30(36)34(27-20-25(38-5)7-8-26(22)27)15-14-33-12-10-24(11-13-33)35(31(37)41-32(2,3)4)21-23-6-9-28-29(19-23)40-17-16-39-28;1-9-7-13(16)14(5-6-15)12-8-10(17-2)3-4-11(9)12/h6-9,18-20,24H,10-17,21H2,1-5H3;3-4,6-8H,5H2,1-2H3. The summed E-state index contributed by atoms with van der Waals surface area (Å²) in [5.41, 5.74) is 3.68. The van der Waals surface area contributed by atoms with Crippen LogP contribution in [0.2, 0.25) is 0 Å². The Morgan fingerprint density at radius 2 is 1.34 bits per heavy atom. The Kier molecular flexibility index (Phi) is 13.1. The number of ether oxygens (including phenoxy) is 5. The van der Waals surface area contributed by atoms with Gasteiger partial charge in [0.2, 0.25) is 0 Å². The summed E-state index contributed by atoms with van der Waals surface area (Å²) in [6, 6.07) is 20.5. The predicted octanol–water partition coefficient (Wildman–Crippen LogP) is 6.51. The second kappa shape index (κ2) is 18.2. The van der Waals surface area contributed by atoms with Crippen LogP contribution < -0.4 is 30.1 Å². The first kappa shape index (κ1) is 41.8. The summed E-state index contributed by atoms with van der Waals surface area (Å²) >= 11 is 0. The molecule has 0 radical (unpaired) electrons. The number of carbonyl (C=O) groups excluding carboxylic acids is 2. The van der Waals surface area contributed by atoms with E-state index >= 15 is 0 Å². The predicted molar refractivity (Wildman–Crippen MR) is 224 cm³/mol. The highest BCUT2D eigenvalue weighted by Crippen LogP contribution is 2.32. The first-order valence-electron chi connectivity index (χ1n) is 19.7. The monoisotopic (exact) mass is 794 g/mol. The molecule has 13 heteroatoms. The van der Waals surface area contributed by atoms with Gasteiger partial charge in [-0.1, -0.05) is 6.07 Å². The lowest BCUT2D eigenvalue weighted by molar-refractivity contribution is -0.108. The number of likely N-dealkylation sites (tertiary alicyclic amines) is 1. The van der Waals surface area contributed by atoms with E-state index in [2.05, 4.69) is 4.90 Å². The van der Waals surface area contributed by atoms with E-state index < -0.39 is 5.60 Å². The molecule has 0 bridgehead atoms. The van der Waals surface area contributed by atoms with E-state index in [1.807, 2.05) is 92.6 Å². The van der Waals surface area contributed by atoms with Gasteiger partial charge in [0.05, 0.1) is 31.8 Å². The molecule has 1 amide bonds. The van der Waals surface area contributed by atoms with Crippen molar-refractivity contribution in [2.24, 2.45) is 0 Å². The molecule has 3 aromatic carbocycles. The molecule has 7 rings (SSSR count). The minimum absolute atomic E-state index is 0.00586. The number of rotatable bonds is 10. The van der Waals surface area contributed by atoms with Crippen LogP contribution in [0.1, 0.15) is 50.3 Å². The van der Waals surface area contributed by atoms with Gasteiger partial charge in [-0.05, 0) is 101 Å². The smallest absolute Gasteiger partial charge is 0.410 e. The van der Waals surface area contributed by atoms with E-state index in [4.69, 9.17) is 23.7 Å². The van der Waals surface area contributed by atoms with Crippen LogP contribution in [0, 0.1) is 13.8 Å². The Hall–Kier alpha value is -5.82. The van der Waals surface area contributed by atoms with Crippen molar-refractivity contribution in [3.05, 3.63) is 104 Å². The van der Waals surface area contributed by atoms with Gasteiger partial charge in [-0.15, -0.1) is 0 Å². The number of fused-ring (bicyclic) bond motifs is 3. The number of aromatic nitrogens is 2. The second-order valence-electron chi connectivity index (χ2n) is 15.7. The Bertz CT molecular complexity index is 2390. The zero-order chi connectivity index (χ0) is 41.6. The number of carbonyl (C=O) groups is 2. The van der Waals surface area contributed by atoms with Crippen molar-refractivity contribution in [2.75, 3.05) is 47.1 Å². The zero-order valence-corrected chi connectivity index (χ0v) is 34.5. The Balaban J connectivity index is 0.000000278. The maximum atomic E-state index is 13.4.